The van der Waals surface area contributed by atoms with Gasteiger partial charge in [0.1, 0.15) is 5.92 Å². The Hall–Kier alpha value is -1.96. The Morgan fingerprint density at radius 2 is 2.07 bits per heavy atom. The van der Waals surface area contributed by atoms with Crippen LogP contribution in [0.15, 0.2) is 12.1 Å². The van der Waals surface area contributed by atoms with Crippen molar-refractivity contribution >= 4 is 11.5 Å². The number of hydrogen-bond donors (Lipinski definition) is 1. The van der Waals surface area contributed by atoms with Crippen molar-refractivity contribution < 1.29 is 13.6 Å². The Balaban J connectivity index is 2.53. The molecule has 3 nitrogen and oxygen atoms in total. The monoisotopic (exact) mass is 208 g/mol. The Kier molecular flexibility index (Phi) is 2.12. The predicted octanol–water partition coefficient (Wildman–Crippen LogP) is 1.71. The van der Waals surface area contributed by atoms with Gasteiger partial charge in [0.05, 0.1) is 6.07 Å². The van der Waals surface area contributed by atoms with E-state index in [2.05, 4.69) is 5.32 Å². The van der Waals surface area contributed by atoms with E-state index in [0.29, 0.717) is 0 Å². The molecule has 5 heteroatoms. The lowest BCUT2D eigenvalue weighted by molar-refractivity contribution is 0.0949. The minimum absolute atomic E-state index is 0.0340. The van der Waals surface area contributed by atoms with Gasteiger partial charge in [-0.1, -0.05) is 0 Å². The summed E-state index contributed by atoms with van der Waals surface area (Å²) >= 11 is 0. The molecule has 0 spiro atoms. The third kappa shape index (κ3) is 1.44. The molecule has 1 aliphatic heterocycles. The highest BCUT2D eigenvalue weighted by Gasteiger charge is 2.28. The van der Waals surface area contributed by atoms with Crippen molar-refractivity contribution in [3.63, 3.8) is 0 Å². The van der Waals surface area contributed by atoms with Crippen LogP contribution in [-0.4, -0.2) is 12.3 Å². The van der Waals surface area contributed by atoms with E-state index in [0.717, 1.165) is 12.1 Å². The highest BCUT2D eigenvalue weighted by Crippen LogP contribution is 2.26. The summed E-state index contributed by atoms with van der Waals surface area (Å²) in [7, 11) is 0. The maximum absolute atomic E-state index is 12.9. The second-order valence-corrected chi connectivity index (χ2v) is 3.24. The minimum Gasteiger partial charge on any atom is -0.383 e. The summed E-state index contributed by atoms with van der Waals surface area (Å²) in [6.07, 6.45) is 0. The molecule has 0 aromatic heterocycles. The second kappa shape index (κ2) is 3.31. The summed E-state index contributed by atoms with van der Waals surface area (Å²) < 4.78 is 25.7. The number of Topliss-reactive ketones (excluding diaryl/α,β-unsaturated/α-hetero) is 1. The van der Waals surface area contributed by atoms with Crippen LogP contribution in [0.3, 0.4) is 0 Å². The summed E-state index contributed by atoms with van der Waals surface area (Å²) in [4.78, 5) is 11.6. The van der Waals surface area contributed by atoms with Crippen LogP contribution in [0.25, 0.3) is 0 Å². The van der Waals surface area contributed by atoms with E-state index in [4.69, 9.17) is 5.26 Å². The first-order valence-electron chi connectivity index (χ1n) is 4.30. The number of anilines is 1. The fourth-order valence-corrected chi connectivity index (χ4v) is 1.49. The molecule has 1 aromatic carbocycles. The average molecular weight is 208 g/mol. The number of ketones is 1. The number of nitrogens with one attached hydrogen (secondary N) is 1. The Bertz CT molecular complexity index is 479. The number of nitriles is 1. The Morgan fingerprint density at radius 1 is 1.40 bits per heavy atom. The summed E-state index contributed by atoms with van der Waals surface area (Å²) in [6.45, 7) is 0.132. The summed E-state index contributed by atoms with van der Waals surface area (Å²) in [5.41, 5.74) is 0.275. The number of carbonyl (C=O) groups is 1. The minimum atomic E-state index is -1.08. The van der Waals surface area contributed by atoms with E-state index in [-0.39, 0.29) is 17.8 Å². The number of nitrogens with zero attached hydrogens (tertiary/aromatic N) is 1. The molecule has 0 fully saturated rings. The highest BCUT2D eigenvalue weighted by molar-refractivity contribution is 6.05. The molecule has 1 aromatic rings. The van der Waals surface area contributed by atoms with E-state index in [1.54, 1.807) is 6.07 Å². The average Bonchev–Trinajstić information content (AvgIpc) is 2.22. The lowest BCUT2D eigenvalue weighted by atomic mass is 9.93. The molecule has 0 saturated heterocycles. The first kappa shape index (κ1) is 9.59. The van der Waals surface area contributed by atoms with Crippen LogP contribution in [0.1, 0.15) is 10.4 Å². The molecule has 0 saturated carbocycles. The van der Waals surface area contributed by atoms with Gasteiger partial charge in [0.2, 0.25) is 0 Å². The number of rotatable bonds is 0. The molecule has 15 heavy (non-hydrogen) atoms. The molecule has 1 N–H and O–H groups in total. The normalized spacial score (nSPS) is 19.0. The fourth-order valence-electron chi connectivity index (χ4n) is 1.49. The quantitative estimate of drug-likeness (QED) is 0.706. The van der Waals surface area contributed by atoms with Crippen molar-refractivity contribution in [2.45, 2.75) is 0 Å². The maximum atomic E-state index is 12.9. The second-order valence-electron chi connectivity index (χ2n) is 3.24. The first-order valence-corrected chi connectivity index (χ1v) is 4.30. The van der Waals surface area contributed by atoms with Crippen molar-refractivity contribution in [2.24, 2.45) is 5.92 Å². The van der Waals surface area contributed by atoms with E-state index in [1.807, 2.05) is 0 Å². The van der Waals surface area contributed by atoms with E-state index in [1.165, 1.54) is 0 Å². The molecule has 1 unspecified atom stereocenters. The van der Waals surface area contributed by atoms with Gasteiger partial charge in [0.15, 0.2) is 17.4 Å². The van der Waals surface area contributed by atoms with Gasteiger partial charge in [0, 0.05) is 23.9 Å². The van der Waals surface area contributed by atoms with Gasteiger partial charge in [-0.3, -0.25) is 4.79 Å². The zero-order valence-electron chi connectivity index (χ0n) is 7.55. The summed E-state index contributed by atoms with van der Waals surface area (Å²) in [5.74, 6) is -3.39. The molecule has 0 radical (unpaired) electrons. The summed E-state index contributed by atoms with van der Waals surface area (Å²) in [5, 5.41) is 11.3. The van der Waals surface area contributed by atoms with Crippen LogP contribution in [-0.2, 0) is 0 Å². The van der Waals surface area contributed by atoms with Crippen molar-refractivity contribution in [2.75, 3.05) is 11.9 Å². The van der Waals surface area contributed by atoms with E-state index in [9.17, 15) is 13.6 Å². The zero-order valence-corrected chi connectivity index (χ0v) is 7.55. The molecule has 1 aliphatic rings. The van der Waals surface area contributed by atoms with E-state index < -0.39 is 23.3 Å². The topological polar surface area (TPSA) is 52.9 Å². The number of hydrogen-bond acceptors (Lipinski definition) is 3. The van der Waals surface area contributed by atoms with Crippen LogP contribution in [0.4, 0.5) is 14.5 Å². The highest BCUT2D eigenvalue weighted by atomic mass is 19.2. The molecule has 1 heterocycles. The Labute approximate surface area is 84.3 Å². The van der Waals surface area contributed by atoms with Gasteiger partial charge in [0.25, 0.3) is 0 Å². The molecule has 1 atom stereocenters. The van der Waals surface area contributed by atoms with E-state index >= 15 is 0 Å². The number of fused-ring (bicyclic) bond motifs is 1. The SMILES string of the molecule is N#CC1CNc2cc(F)c(F)cc2C1=O. The lowest BCUT2D eigenvalue weighted by Gasteiger charge is -2.20. The van der Waals surface area contributed by atoms with Gasteiger partial charge in [-0.05, 0) is 6.07 Å². The number of carbonyl (C=O) groups excluding carboxylic acids is 1. The van der Waals surface area contributed by atoms with Crippen molar-refractivity contribution in [3.8, 4) is 6.07 Å². The molecule has 0 amide bonds. The lowest BCUT2D eigenvalue weighted by Crippen LogP contribution is -2.28. The maximum Gasteiger partial charge on any atom is 0.183 e. The molecule has 0 aliphatic carbocycles. The number of halogens is 2. The van der Waals surface area contributed by atoms with Crippen LogP contribution >= 0.6 is 0 Å². The van der Waals surface area contributed by atoms with Crippen molar-refractivity contribution in [1.82, 2.24) is 0 Å². The standard InChI is InChI=1S/C10H6F2N2O/c11-7-1-6-9(2-8(7)12)14-4-5(3-13)10(6)15/h1-2,5,14H,4H2. The third-order valence-corrected chi connectivity index (χ3v) is 2.29. The van der Waals surface area contributed by atoms with Gasteiger partial charge in [-0.15, -0.1) is 0 Å². The van der Waals surface area contributed by atoms with Crippen LogP contribution in [0.5, 0.6) is 0 Å². The van der Waals surface area contributed by atoms with Crippen molar-refractivity contribution in [3.05, 3.63) is 29.3 Å². The van der Waals surface area contributed by atoms with Gasteiger partial charge < -0.3 is 5.32 Å². The fraction of sp³-hybridized carbons (Fsp3) is 0.200. The van der Waals surface area contributed by atoms with Gasteiger partial charge >= 0.3 is 0 Å². The van der Waals surface area contributed by atoms with Crippen molar-refractivity contribution in [1.29, 1.82) is 5.26 Å². The first-order chi connectivity index (χ1) is 7.13. The molecule has 2 rings (SSSR count). The third-order valence-electron chi connectivity index (χ3n) is 2.29. The molecular weight excluding hydrogens is 202 g/mol. The van der Waals surface area contributed by atoms with Gasteiger partial charge in [-0.2, -0.15) is 5.26 Å². The van der Waals surface area contributed by atoms with Crippen LogP contribution in [0, 0.1) is 28.9 Å². The summed E-state index contributed by atoms with van der Waals surface area (Å²) in [6, 6.07) is 3.55. The van der Waals surface area contributed by atoms with Gasteiger partial charge in [-0.25, -0.2) is 8.78 Å². The smallest absolute Gasteiger partial charge is 0.183 e. The number of benzene rings is 1. The molecule has 76 valence electrons. The Morgan fingerprint density at radius 3 is 2.73 bits per heavy atom. The predicted molar refractivity (Wildman–Crippen MR) is 48.3 cm³/mol. The molecule has 0 bridgehead atoms. The zero-order chi connectivity index (χ0) is 11.0. The molecular formula is C10H6F2N2O. The van der Waals surface area contributed by atoms with Crippen LogP contribution < -0.4 is 5.32 Å². The van der Waals surface area contributed by atoms with Crippen LogP contribution in [0.2, 0.25) is 0 Å². The largest absolute Gasteiger partial charge is 0.383 e.